The number of benzene rings is 1. The van der Waals surface area contributed by atoms with Gasteiger partial charge in [0.1, 0.15) is 5.75 Å². The number of terminal acetylenes is 1. The van der Waals surface area contributed by atoms with E-state index < -0.39 is 0 Å². The van der Waals surface area contributed by atoms with Crippen LogP contribution < -0.4 is 5.32 Å². The van der Waals surface area contributed by atoms with E-state index in [1.54, 1.807) is 6.07 Å². The van der Waals surface area contributed by atoms with E-state index in [0.29, 0.717) is 5.75 Å². The molecule has 2 heteroatoms. The fraction of sp³-hybridized carbons (Fsp3) is 0.429. The van der Waals surface area contributed by atoms with E-state index in [-0.39, 0.29) is 12.1 Å². The van der Waals surface area contributed by atoms with Crippen LogP contribution in [0.2, 0.25) is 0 Å². The van der Waals surface area contributed by atoms with Crippen LogP contribution in [0.4, 0.5) is 0 Å². The normalized spacial score (nSPS) is 14.1. The smallest absolute Gasteiger partial charge is 0.120 e. The lowest BCUT2D eigenvalue weighted by Gasteiger charge is -2.19. The van der Waals surface area contributed by atoms with Gasteiger partial charge in [0.15, 0.2) is 0 Å². The fourth-order valence-electron chi connectivity index (χ4n) is 1.70. The van der Waals surface area contributed by atoms with Gasteiger partial charge in [0, 0.05) is 11.6 Å². The van der Waals surface area contributed by atoms with Crippen molar-refractivity contribution in [1.82, 2.24) is 5.32 Å². The summed E-state index contributed by atoms with van der Waals surface area (Å²) in [6.45, 7) is 6.00. The van der Waals surface area contributed by atoms with Crippen molar-refractivity contribution < 1.29 is 5.11 Å². The molecule has 0 saturated carbocycles. The summed E-state index contributed by atoms with van der Waals surface area (Å²) in [4.78, 5) is 0. The number of hydrogen-bond donors (Lipinski definition) is 2. The minimum absolute atomic E-state index is 0.0516. The molecule has 2 atom stereocenters. The van der Waals surface area contributed by atoms with E-state index in [9.17, 15) is 5.11 Å². The molecule has 1 aromatic carbocycles. The summed E-state index contributed by atoms with van der Waals surface area (Å²) >= 11 is 0. The van der Waals surface area contributed by atoms with Crippen molar-refractivity contribution >= 4 is 0 Å². The SMILES string of the molecule is C#CC(CC)NC(C)c1ccc(C)cc1O. The second kappa shape index (κ2) is 5.58. The molecule has 1 aromatic rings. The maximum atomic E-state index is 9.83. The van der Waals surface area contributed by atoms with Gasteiger partial charge in [-0.15, -0.1) is 6.42 Å². The van der Waals surface area contributed by atoms with E-state index in [1.165, 1.54) is 0 Å². The van der Waals surface area contributed by atoms with Crippen LogP contribution in [0.25, 0.3) is 0 Å². The van der Waals surface area contributed by atoms with E-state index in [2.05, 4.69) is 11.2 Å². The van der Waals surface area contributed by atoms with Gasteiger partial charge < -0.3 is 5.11 Å². The Labute approximate surface area is 97.7 Å². The summed E-state index contributed by atoms with van der Waals surface area (Å²) in [5.41, 5.74) is 1.94. The molecule has 16 heavy (non-hydrogen) atoms. The Bertz CT molecular complexity index is 392. The number of phenols is 1. The van der Waals surface area contributed by atoms with E-state index in [0.717, 1.165) is 17.5 Å². The Kier molecular flexibility index (Phi) is 4.39. The standard InChI is InChI=1S/C14H19NO/c1-5-12(6-2)15-11(4)13-8-7-10(3)9-14(13)16/h1,7-9,11-12,15-16H,6H2,2-4H3. The first-order valence-electron chi connectivity index (χ1n) is 5.60. The molecule has 0 fully saturated rings. The fourth-order valence-corrected chi connectivity index (χ4v) is 1.70. The third-order valence-corrected chi connectivity index (χ3v) is 2.71. The zero-order valence-corrected chi connectivity index (χ0v) is 10.1. The molecule has 0 bridgehead atoms. The lowest BCUT2D eigenvalue weighted by molar-refractivity contribution is 0.443. The Morgan fingerprint density at radius 1 is 1.50 bits per heavy atom. The molecule has 0 spiro atoms. The zero-order valence-electron chi connectivity index (χ0n) is 10.1. The summed E-state index contributed by atoms with van der Waals surface area (Å²) < 4.78 is 0. The maximum Gasteiger partial charge on any atom is 0.120 e. The molecule has 0 aliphatic rings. The summed E-state index contributed by atoms with van der Waals surface area (Å²) in [6.07, 6.45) is 6.28. The van der Waals surface area contributed by atoms with Crippen LogP contribution in [0.15, 0.2) is 18.2 Å². The van der Waals surface area contributed by atoms with Crippen LogP contribution in [0.5, 0.6) is 5.75 Å². The number of rotatable bonds is 4. The third kappa shape index (κ3) is 3.01. The molecule has 0 aliphatic heterocycles. The second-order valence-corrected chi connectivity index (χ2v) is 4.08. The van der Waals surface area contributed by atoms with E-state index in [1.807, 2.05) is 32.9 Å². The van der Waals surface area contributed by atoms with Crippen molar-refractivity contribution in [1.29, 1.82) is 0 Å². The Balaban J connectivity index is 2.81. The molecule has 0 saturated heterocycles. The molecule has 86 valence electrons. The number of aromatic hydroxyl groups is 1. The van der Waals surface area contributed by atoms with Gasteiger partial charge in [0.25, 0.3) is 0 Å². The monoisotopic (exact) mass is 217 g/mol. The molecule has 2 unspecified atom stereocenters. The van der Waals surface area contributed by atoms with Gasteiger partial charge in [-0.1, -0.05) is 25.0 Å². The van der Waals surface area contributed by atoms with Gasteiger partial charge >= 0.3 is 0 Å². The van der Waals surface area contributed by atoms with Gasteiger partial charge in [0.2, 0.25) is 0 Å². The molecular formula is C14H19NO. The molecule has 0 amide bonds. The Morgan fingerprint density at radius 2 is 2.19 bits per heavy atom. The van der Waals surface area contributed by atoms with Gasteiger partial charge in [-0.3, -0.25) is 5.32 Å². The van der Waals surface area contributed by atoms with Crippen molar-refractivity contribution in [2.75, 3.05) is 0 Å². The zero-order chi connectivity index (χ0) is 12.1. The van der Waals surface area contributed by atoms with Crippen LogP contribution in [-0.4, -0.2) is 11.1 Å². The quantitative estimate of drug-likeness (QED) is 0.760. The van der Waals surface area contributed by atoms with Crippen LogP contribution in [0.3, 0.4) is 0 Å². The first-order chi connectivity index (χ1) is 7.58. The maximum absolute atomic E-state index is 9.83. The molecule has 0 aliphatic carbocycles. The predicted molar refractivity (Wildman–Crippen MR) is 67.3 cm³/mol. The highest BCUT2D eigenvalue weighted by atomic mass is 16.3. The highest BCUT2D eigenvalue weighted by Gasteiger charge is 2.12. The highest BCUT2D eigenvalue weighted by molar-refractivity contribution is 5.38. The van der Waals surface area contributed by atoms with Crippen molar-refractivity contribution in [2.24, 2.45) is 0 Å². The highest BCUT2D eigenvalue weighted by Crippen LogP contribution is 2.25. The first kappa shape index (κ1) is 12.6. The van der Waals surface area contributed by atoms with Gasteiger partial charge in [-0.2, -0.15) is 0 Å². The molecular weight excluding hydrogens is 198 g/mol. The minimum atomic E-state index is 0.0516. The second-order valence-electron chi connectivity index (χ2n) is 4.08. The van der Waals surface area contributed by atoms with E-state index >= 15 is 0 Å². The van der Waals surface area contributed by atoms with Crippen molar-refractivity contribution in [2.45, 2.75) is 39.3 Å². The van der Waals surface area contributed by atoms with Crippen LogP contribution in [0, 0.1) is 19.3 Å². The largest absolute Gasteiger partial charge is 0.508 e. The summed E-state index contributed by atoms with van der Waals surface area (Å²) in [7, 11) is 0. The van der Waals surface area contributed by atoms with Crippen molar-refractivity contribution in [3.05, 3.63) is 29.3 Å². The average Bonchev–Trinajstić information content (AvgIpc) is 2.25. The molecule has 0 radical (unpaired) electrons. The lowest BCUT2D eigenvalue weighted by atomic mass is 10.0. The average molecular weight is 217 g/mol. The molecule has 2 nitrogen and oxygen atoms in total. The predicted octanol–water partition coefficient (Wildman–Crippen LogP) is 2.76. The van der Waals surface area contributed by atoms with Crippen molar-refractivity contribution in [3.8, 4) is 18.1 Å². The Morgan fingerprint density at radius 3 is 2.69 bits per heavy atom. The topological polar surface area (TPSA) is 32.3 Å². The molecule has 2 N–H and O–H groups in total. The Hall–Kier alpha value is -1.46. The summed E-state index contributed by atoms with van der Waals surface area (Å²) in [5, 5.41) is 13.1. The van der Waals surface area contributed by atoms with Crippen LogP contribution in [-0.2, 0) is 0 Å². The molecule has 1 rings (SSSR count). The molecule has 0 heterocycles. The molecule has 0 aromatic heterocycles. The minimum Gasteiger partial charge on any atom is -0.508 e. The van der Waals surface area contributed by atoms with Gasteiger partial charge in [-0.25, -0.2) is 0 Å². The number of phenolic OH excluding ortho intramolecular Hbond substituents is 1. The van der Waals surface area contributed by atoms with Crippen molar-refractivity contribution in [3.63, 3.8) is 0 Å². The number of hydrogen-bond acceptors (Lipinski definition) is 2. The lowest BCUT2D eigenvalue weighted by Crippen LogP contribution is -2.29. The number of aryl methyl sites for hydroxylation is 1. The summed E-state index contributed by atoms with van der Waals surface area (Å²) in [6, 6.07) is 5.80. The van der Waals surface area contributed by atoms with E-state index in [4.69, 9.17) is 6.42 Å². The van der Waals surface area contributed by atoms with Crippen LogP contribution in [0.1, 0.15) is 37.4 Å². The number of nitrogens with one attached hydrogen (secondary N) is 1. The van der Waals surface area contributed by atoms with Gasteiger partial charge in [-0.05, 0) is 31.9 Å². The summed E-state index contributed by atoms with van der Waals surface area (Å²) in [5.74, 6) is 3.02. The third-order valence-electron chi connectivity index (χ3n) is 2.71. The van der Waals surface area contributed by atoms with Gasteiger partial charge in [0.05, 0.1) is 6.04 Å². The van der Waals surface area contributed by atoms with Crippen LogP contribution >= 0.6 is 0 Å². The first-order valence-corrected chi connectivity index (χ1v) is 5.60.